The number of nitrogens with one attached hydrogen (secondary N) is 2. The number of hydrogen-bond acceptors (Lipinski definition) is 6. The van der Waals surface area contributed by atoms with Crippen LogP contribution in [-0.2, 0) is 4.79 Å². The van der Waals surface area contributed by atoms with Gasteiger partial charge in [0.15, 0.2) is 0 Å². The molecule has 0 unspecified atom stereocenters. The Morgan fingerprint density at radius 3 is 2.62 bits per heavy atom. The predicted molar refractivity (Wildman–Crippen MR) is 82.0 cm³/mol. The number of nitrogens with zero attached hydrogens (tertiary/aromatic N) is 1. The van der Waals surface area contributed by atoms with Crippen LogP contribution in [0.5, 0.6) is 5.75 Å². The Kier molecular flexibility index (Phi) is 3.74. The number of carbonyl (C=O) groups excluding carboxylic acids is 2. The molecule has 0 radical (unpaired) electrons. The Hall–Kier alpha value is -3.62. The maximum Gasteiger partial charge on any atom is 0.326 e. The van der Waals surface area contributed by atoms with E-state index in [0.717, 1.165) is 0 Å². The first-order valence-corrected chi connectivity index (χ1v) is 6.74. The van der Waals surface area contributed by atoms with Crippen LogP contribution in [0.2, 0.25) is 0 Å². The smallest absolute Gasteiger partial charge is 0.326 e. The van der Waals surface area contributed by atoms with Crippen molar-refractivity contribution in [1.82, 2.24) is 10.6 Å². The quantitative estimate of drug-likeness (QED) is 0.383. The van der Waals surface area contributed by atoms with Crippen LogP contribution in [0.25, 0.3) is 17.4 Å². The molecule has 1 aliphatic rings. The summed E-state index contributed by atoms with van der Waals surface area (Å²) in [5.41, 5.74) is 0.485. The number of hydrogen-bond donors (Lipinski definition) is 2. The van der Waals surface area contributed by atoms with Crippen molar-refractivity contribution >= 4 is 23.7 Å². The summed E-state index contributed by atoms with van der Waals surface area (Å²) in [4.78, 5) is 32.8. The average Bonchev–Trinajstić information content (AvgIpc) is 3.13. The molecule has 9 nitrogen and oxygen atoms in total. The number of furan rings is 1. The number of benzene rings is 1. The van der Waals surface area contributed by atoms with E-state index in [1.54, 1.807) is 12.1 Å². The minimum Gasteiger partial charge on any atom is -0.496 e. The molecule has 24 heavy (non-hydrogen) atoms. The van der Waals surface area contributed by atoms with Gasteiger partial charge in [-0.3, -0.25) is 20.2 Å². The number of nitro benzene ring substituents is 1. The molecule has 2 heterocycles. The fourth-order valence-electron chi connectivity index (χ4n) is 2.20. The molecule has 0 aliphatic carbocycles. The van der Waals surface area contributed by atoms with Crippen molar-refractivity contribution in [2.24, 2.45) is 0 Å². The number of amides is 3. The highest BCUT2D eigenvalue weighted by Gasteiger charge is 2.23. The molecule has 1 saturated heterocycles. The molecule has 1 fully saturated rings. The van der Waals surface area contributed by atoms with Gasteiger partial charge in [-0.15, -0.1) is 0 Å². The largest absolute Gasteiger partial charge is 0.496 e. The Labute approximate surface area is 135 Å². The summed E-state index contributed by atoms with van der Waals surface area (Å²) >= 11 is 0. The molecule has 2 aromatic rings. The van der Waals surface area contributed by atoms with Gasteiger partial charge in [0.1, 0.15) is 23.0 Å². The molecular weight excluding hydrogens is 318 g/mol. The normalized spacial score (nSPS) is 15.3. The van der Waals surface area contributed by atoms with Gasteiger partial charge >= 0.3 is 6.03 Å². The number of non-ortho nitro benzene ring substituents is 1. The lowest BCUT2D eigenvalue weighted by Crippen LogP contribution is -2.22. The van der Waals surface area contributed by atoms with E-state index in [-0.39, 0.29) is 17.1 Å². The summed E-state index contributed by atoms with van der Waals surface area (Å²) in [5.74, 6) is 0.464. The van der Waals surface area contributed by atoms with Crippen LogP contribution in [0.3, 0.4) is 0 Å². The van der Waals surface area contributed by atoms with Gasteiger partial charge in [-0.05, 0) is 18.2 Å². The minimum atomic E-state index is -0.602. The highest BCUT2D eigenvalue weighted by Crippen LogP contribution is 2.34. The van der Waals surface area contributed by atoms with Gasteiger partial charge in [0, 0.05) is 12.1 Å². The van der Waals surface area contributed by atoms with Crippen molar-refractivity contribution in [1.29, 1.82) is 0 Å². The van der Waals surface area contributed by atoms with Crippen LogP contribution < -0.4 is 15.4 Å². The zero-order valence-corrected chi connectivity index (χ0v) is 12.4. The fourth-order valence-corrected chi connectivity index (χ4v) is 2.20. The molecule has 0 bridgehead atoms. The van der Waals surface area contributed by atoms with E-state index >= 15 is 0 Å². The average molecular weight is 329 g/mol. The van der Waals surface area contributed by atoms with Gasteiger partial charge in [0.25, 0.3) is 11.6 Å². The van der Waals surface area contributed by atoms with Gasteiger partial charge in [0.05, 0.1) is 23.7 Å². The Balaban J connectivity index is 1.94. The van der Waals surface area contributed by atoms with Crippen LogP contribution in [0.15, 0.2) is 40.4 Å². The molecule has 122 valence electrons. The Morgan fingerprint density at radius 1 is 1.21 bits per heavy atom. The first-order chi connectivity index (χ1) is 11.5. The number of carbonyl (C=O) groups is 2. The third kappa shape index (κ3) is 2.82. The van der Waals surface area contributed by atoms with E-state index in [1.807, 2.05) is 0 Å². The van der Waals surface area contributed by atoms with Crippen LogP contribution in [0.1, 0.15) is 5.76 Å². The molecule has 0 saturated carbocycles. The summed E-state index contributed by atoms with van der Waals surface area (Å²) in [6, 6.07) is 6.77. The highest BCUT2D eigenvalue weighted by molar-refractivity contribution is 6.13. The van der Waals surface area contributed by atoms with E-state index in [0.29, 0.717) is 17.1 Å². The molecule has 1 aromatic carbocycles. The predicted octanol–water partition coefficient (Wildman–Crippen LogP) is 2.04. The zero-order valence-electron chi connectivity index (χ0n) is 12.4. The molecule has 3 amide bonds. The van der Waals surface area contributed by atoms with Crippen molar-refractivity contribution in [3.05, 3.63) is 51.9 Å². The van der Waals surface area contributed by atoms with Crippen molar-refractivity contribution in [3.8, 4) is 17.1 Å². The number of imide groups is 1. The molecule has 3 rings (SSSR count). The van der Waals surface area contributed by atoms with Gasteiger partial charge in [-0.25, -0.2) is 4.79 Å². The lowest BCUT2D eigenvalue weighted by Gasteiger charge is -2.05. The standard InChI is InChI=1S/C15H11N3O6/c1-23-13-6-8(18(21)22)2-4-10(13)12-5-3-9(24-12)7-11-14(19)17-15(20)16-11/h2-7H,1H3,(H2,16,17,19,20). The molecular formula is C15H11N3O6. The molecule has 0 atom stereocenters. The van der Waals surface area contributed by atoms with Crippen LogP contribution >= 0.6 is 0 Å². The first kappa shape index (κ1) is 15.3. The number of nitro groups is 1. The second kappa shape index (κ2) is 5.88. The topological polar surface area (TPSA) is 124 Å². The SMILES string of the molecule is COc1cc([N+](=O)[O-])ccc1-c1ccc(C=C2NC(=O)NC2=O)o1. The zero-order chi connectivity index (χ0) is 17.3. The minimum absolute atomic E-state index is 0.0663. The third-order valence-electron chi connectivity index (χ3n) is 3.29. The van der Waals surface area contributed by atoms with Crippen molar-refractivity contribution < 1.29 is 23.7 Å². The van der Waals surface area contributed by atoms with Gasteiger partial charge < -0.3 is 14.5 Å². The monoisotopic (exact) mass is 329 g/mol. The lowest BCUT2D eigenvalue weighted by atomic mass is 10.1. The third-order valence-corrected chi connectivity index (χ3v) is 3.29. The van der Waals surface area contributed by atoms with E-state index in [1.165, 1.54) is 31.4 Å². The number of methoxy groups -OCH3 is 1. The van der Waals surface area contributed by atoms with E-state index < -0.39 is 16.9 Å². The number of rotatable bonds is 4. The van der Waals surface area contributed by atoms with Crippen LogP contribution in [-0.4, -0.2) is 24.0 Å². The van der Waals surface area contributed by atoms with Crippen LogP contribution in [0.4, 0.5) is 10.5 Å². The maximum atomic E-state index is 11.5. The molecule has 1 aromatic heterocycles. The summed E-state index contributed by atoms with van der Waals surface area (Å²) in [7, 11) is 1.40. The summed E-state index contributed by atoms with van der Waals surface area (Å²) in [6.45, 7) is 0. The van der Waals surface area contributed by atoms with Crippen molar-refractivity contribution in [2.45, 2.75) is 0 Å². The van der Waals surface area contributed by atoms with Crippen molar-refractivity contribution in [2.75, 3.05) is 7.11 Å². The second-order valence-electron chi connectivity index (χ2n) is 4.81. The Bertz CT molecular complexity index is 883. The van der Waals surface area contributed by atoms with Gasteiger partial charge in [-0.2, -0.15) is 0 Å². The van der Waals surface area contributed by atoms with E-state index in [2.05, 4.69) is 10.6 Å². The number of urea groups is 1. The van der Waals surface area contributed by atoms with Crippen LogP contribution in [0, 0.1) is 10.1 Å². The summed E-state index contributed by atoms with van der Waals surface area (Å²) in [6.07, 6.45) is 1.38. The molecule has 9 heteroatoms. The van der Waals surface area contributed by atoms with Gasteiger partial charge in [0.2, 0.25) is 0 Å². The first-order valence-electron chi connectivity index (χ1n) is 6.74. The summed E-state index contributed by atoms with van der Waals surface area (Å²) in [5, 5.41) is 15.2. The Morgan fingerprint density at radius 2 is 2.00 bits per heavy atom. The van der Waals surface area contributed by atoms with Gasteiger partial charge in [-0.1, -0.05) is 0 Å². The van der Waals surface area contributed by atoms with E-state index in [9.17, 15) is 19.7 Å². The van der Waals surface area contributed by atoms with E-state index in [4.69, 9.17) is 9.15 Å². The fraction of sp³-hybridized carbons (Fsp3) is 0.0667. The lowest BCUT2D eigenvalue weighted by molar-refractivity contribution is -0.384. The highest BCUT2D eigenvalue weighted by atomic mass is 16.6. The molecule has 1 aliphatic heterocycles. The molecule has 2 N–H and O–H groups in total. The second-order valence-corrected chi connectivity index (χ2v) is 4.81. The molecule has 0 spiro atoms. The number of ether oxygens (including phenoxy) is 1. The van der Waals surface area contributed by atoms with Crippen molar-refractivity contribution in [3.63, 3.8) is 0 Å². The maximum absolute atomic E-state index is 11.5. The summed E-state index contributed by atoms with van der Waals surface area (Å²) < 4.78 is 10.8.